The van der Waals surface area contributed by atoms with Crippen LogP contribution in [0.25, 0.3) is 5.57 Å². The fraction of sp³-hybridized carbons (Fsp3) is 0.321. The molecule has 41 heavy (non-hydrogen) atoms. The molecule has 1 atom stereocenters. The molecule has 1 aromatic heterocycles. The molecule has 4 rings (SSSR count). The molecule has 0 bridgehead atoms. The summed E-state index contributed by atoms with van der Waals surface area (Å²) in [6.07, 6.45) is -9.98. The lowest BCUT2D eigenvalue weighted by molar-refractivity contribution is -0.201. The van der Waals surface area contributed by atoms with E-state index < -0.39 is 48.1 Å². The number of nitrogens with one attached hydrogen (secondary N) is 2. The lowest BCUT2D eigenvalue weighted by Gasteiger charge is -2.41. The summed E-state index contributed by atoms with van der Waals surface area (Å²) in [6, 6.07) is 12.4. The van der Waals surface area contributed by atoms with Gasteiger partial charge in [0, 0.05) is 32.2 Å². The Balaban J connectivity index is 1.71. The molecule has 0 saturated heterocycles. The van der Waals surface area contributed by atoms with Gasteiger partial charge in [0.15, 0.2) is 11.4 Å². The van der Waals surface area contributed by atoms with Gasteiger partial charge in [-0.2, -0.15) is 31.4 Å². The molecular weight excluding hydrogens is 554 g/mol. The zero-order chi connectivity index (χ0) is 30.0. The number of halogens is 6. The Kier molecular flexibility index (Phi) is 8.18. The van der Waals surface area contributed by atoms with E-state index in [1.165, 1.54) is 35.0 Å². The van der Waals surface area contributed by atoms with Crippen molar-refractivity contribution in [2.24, 2.45) is 7.05 Å². The lowest BCUT2D eigenvalue weighted by Crippen LogP contribution is -2.59. The molecule has 2 heterocycles. The first-order chi connectivity index (χ1) is 19.2. The average molecular weight is 581 g/mol. The van der Waals surface area contributed by atoms with Crippen LogP contribution in [-0.2, 0) is 22.2 Å². The summed E-state index contributed by atoms with van der Waals surface area (Å²) in [5, 5.41) is 8.52. The lowest BCUT2D eigenvalue weighted by atomic mass is 9.76. The smallest absolute Gasteiger partial charge is 0.416 e. The van der Waals surface area contributed by atoms with Crippen LogP contribution in [0.15, 0.2) is 66.4 Å². The van der Waals surface area contributed by atoms with E-state index in [2.05, 4.69) is 10.4 Å². The minimum Gasteiger partial charge on any atom is -0.494 e. The average Bonchev–Trinajstić information content (AvgIpc) is 3.29. The van der Waals surface area contributed by atoms with E-state index in [-0.39, 0.29) is 41.3 Å². The summed E-state index contributed by atoms with van der Waals surface area (Å²) < 4.78 is 88.3. The van der Waals surface area contributed by atoms with Crippen molar-refractivity contribution in [3.8, 4) is 5.75 Å². The number of aryl methyl sites for hydroxylation is 2. The van der Waals surface area contributed by atoms with Crippen molar-refractivity contribution in [1.82, 2.24) is 15.1 Å². The van der Waals surface area contributed by atoms with Gasteiger partial charge in [-0.15, -0.1) is 0 Å². The molecular formula is C28H26F6N4O3. The molecule has 1 aliphatic heterocycles. The van der Waals surface area contributed by atoms with Gasteiger partial charge in [-0.1, -0.05) is 42.0 Å². The summed E-state index contributed by atoms with van der Waals surface area (Å²) in [5.74, 6) is -1.97. The van der Waals surface area contributed by atoms with Gasteiger partial charge in [-0.05, 0) is 42.2 Å². The summed E-state index contributed by atoms with van der Waals surface area (Å²) >= 11 is 0. The number of amides is 2. The zero-order valence-electron chi connectivity index (χ0n) is 22.0. The fourth-order valence-electron chi connectivity index (χ4n) is 4.50. The molecule has 2 amide bonds. The molecule has 0 saturated carbocycles. The number of nitrogens with zero attached hydrogens (tertiary/aromatic N) is 2. The second kappa shape index (κ2) is 11.3. The number of ether oxygens (including phenoxy) is 1. The highest BCUT2D eigenvalue weighted by Crippen LogP contribution is 2.48. The van der Waals surface area contributed by atoms with Gasteiger partial charge >= 0.3 is 12.4 Å². The highest BCUT2D eigenvalue weighted by atomic mass is 19.4. The molecule has 2 aromatic carbocycles. The Morgan fingerprint density at radius 1 is 1.05 bits per heavy atom. The number of anilines is 1. The molecule has 218 valence electrons. The van der Waals surface area contributed by atoms with E-state index in [0.29, 0.717) is 0 Å². The van der Waals surface area contributed by atoms with Crippen LogP contribution in [0.4, 0.5) is 32.2 Å². The van der Waals surface area contributed by atoms with Crippen molar-refractivity contribution < 1.29 is 40.7 Å². The maximum Gasteiger partial charge on any atom is 0.416 e. The number of hydrogen-bond acceptors (Lipinski definition) is 4. The van der Waals surface area contributed by atoms with E-state index in [0.717, 1.165) is 17.7 Å². The first kappa shape index (κ1) is 29.7. The molecule has 2 N–H and O–H groups in total. The predicted octanol–water partition coefficient (Wildman–Crippen LogP) is 5.82. The van der Waals surface area contributed by atoms with Crippen molar-refractivity contribution in [2.45, 2.75) is 44.1 Å². The zero-order valence-corrected chi connectivity index (χ0v) is 22.0. The van der Waals surface area contributed by atoms with Gasteiger partial charge in [0.25, 0.3) is 11.8 Å². The summed E-state index contributed by atoms with van der Waals surface area (Å²) in [6.45, 7) is 1.50. The monoisotopic (exact) mass is 580 g/mol. The van der Waals surface area contributed by atoms with Crippen LogP contribution in [-0.4, -0.2) is 40.6 Å². The topological polar surface area (TPSA) is 85.2 Å². The van der Waals surface area contributed by atoms with E-state index in [4.69, 9.17) is 4.74 Å². The van der Waals surface area contributed by atoms with Crippen molar-refractivity contribution in [3.05, 3.63) is 83.1 Å². The third-order valence-corrected chi connectivity index (χ3v) is 6.58. The van der Waals surface area contributed by atoms with Crippen molar-refractivity contribution in [2.75, 3.05) is 11.9 Å². The van der Waals surface area contributed by atoms with Gasteiger partial charge in [0.2, 0.25) is 0 Å². The van der Waals surface area contributed by atoms with E-state index in [1.54, 1.807) is 32.3 Å². The summed E-state index contributed by atoms with van der Waals surface area (Å²) in [7, 11) is 1.61. The van der Waals surface area contributed by atoms with Crippen LogP contribution < -0.4 is 15.4 Å². The minimum absolute atomic E-state index is 0.0695. The second-order valence-electron chi connectivity index (χ2n) is 9.67. The van der Waals surface area contributed by atoms with Crippen molar-refractivity contribution in [3.63, 3.8) is 0 Å². The van der Waals surface area contributed by atoms with Crippen LogP contribution in [0.3, 0.4) is 0 Å². The van der Waals surface area contributed by atoms with Crippen LogP contribution in [0.1, 0.15) is 36.0 Å². The predicted molar refractivity (Wildman–Crippen MR) is 138 cm³/mol. The molecule has 1 aliphatic rings. The molecule has 0 radical (unpaired) electrons. The van der Waals surface area contributed by atoms with E-state index >= 15 is 0 Å². The maximum absolute atomic E-state index is 14.9. The number of aromatic nitrogens is 2. The van der Waals surface area contributed by atoms with E-state index in [1.807, 2.05) is 5.32 Å². The van der Waals surface area contributed by atoms with Gasteiger partial charge in [-0.3, -0.25) is 14.3 Å². The standard InChI is InChI=1S/C28H26F6N4O3/c1-17-4-6-18(7-5-17)21-16-26(28(32,33)34,19-8-10-20(11-9-19)41-15-3-13-27(29,30)31)36-25(40)23(21)24(39)35-22-12-14-38(2)37-22/h4-12,14H,3,13,15-16H2,1-2H3,(H,36,40)(H,35,37,39)/t26-/m0/s1. The second-order valence-corrected chi connectivity index (χ2v) is 9.67. The largest absolute Gasteiger partial charge is 0.494 e. The molecule has 0 aliphatic carbocycles. The SMILES string of the molecule is Cc1ccc(C2=C(C(=O)Nc3ccn(C)n3)C(=O)N[C@@](c3ccc(OCCCC(F)(F)F)cc3)(C(F)(F)F)C2)cc1. The van der Waals surface area contributed by atoms with Gasteiger partial charge in [0.1, 0.15) is 11.3 Å². The number of rotatable bonds is 8. The molecule has 3 aromatic rings. The summed E-state index contributed by atoms with van der Waals surface area (Å²) in [4.78, 5) is 26.6. The Hall–Kier alpha value is -4.29. The van der Waals surface area contributed by atoms with Crippen molar-refractivity contribution >= 4 is 23.2 Å². The molecule has 7 nitrogen and oxygen atoms in total. The Morgan fingerprint density at radius 2 is 1.71 bits per heavy atom. The number of benzene rings is 2. The molecule has 13 heteroatoms. The fourth-order valence-corrected chi connectivity index (χ4v) is 4.50. The van der Waals surface area contributed by atoms with Crippen molar-refractivity contribution in [1.29, 1.82) is 0 Å². The van der Waals surface area contributed by atoms with Crippen LogP contribution >= 0.6 is 0 Å². The maximum atomic E-state index is 14.9. The number of carbonyl (C=O) groups excluding carboxylic acids is 2. The molecule has 0 fully saturated rings. The van der Waals surface area contributed by atoms with Crippen LogP contribution in [0.2, 0.25) is 0 Å². The minimum atomic E-state index is -5.00. The van der Waals surface area contributed by atoms with E-state index in [9.17, 15) is 35.9 Å². The van der Waals surface area contributed by atoms with Gasteiger partial charge in [0.05, 0.1) is 6.61 Å². The third kappa shape index (κ3) is 6.72. The summed E-state index contributed by atoms with van der Waals surface area (Å²) in [5.41, 5.74) is -2.77. The number of alkyl halides is 6. The quantitative estimate of drug-likeness (QED) is 0.200. The highest BCUT2D eigenvalue weighted by Gasteiger charge is 2.60. The highest BCUT2D eigenvalue weighted by molar-refractivity contribution is 6.28. The third-order valence-electron chi connectivity index (χ3n) is 6.58. The Morgan fingerprint density at radius 3 is 2.27 bits per heavy atom. The number of carbonyl (C=O) groups is 2. The molecule has 0 spiro atoms. The Labute approximate surface area is 231 Å². The first-order valence-corrected chi connectivity index (χ1v) is 12.5. The van der Waals surface area contributed by atoms with Crippen LogP contribution in [0.5, 0.6) is 5.75 Å². The van der Waals surface area contributed by atoms with Gasteiger partial charge in [-0.25, -0.2) is 0 Å². The van der Waals surface area contributed by atoms with Crippen LogP contribution in [0, 0.1) is 6.92 Å². The molecule has 0 unspecified atom stereocenters. The number of hydrogen-bond donors (Lipinski definition) is 2. The first-order valence-electron chi connectivity index (χ1n) is 12.5. The normalized spacial score (nSPS) is 17.8. The Bertz CT molecular complexity index is 1440. The van der Waals surface area contributed by atoms with Gasteiger partial charge < -0.3 is 15.4 Å².